The Labute approximate surface area is 185 Å². The highest BCUT2D eigenvalue weighted by Gasteiger charge is 2.25. The van der Waals surface area contributed by atoms with Crippen LogP contribution in [0.25, 0.3) is 10.6 Å². The number of ether oxygens (including phenoxy) is 1. The number of aromatic nitrogens is 1. The van der Waals surface area contributed by atoms with Crippen molar-refractivity contribution < 1.29 is 14.3 Å². The molecule has 1 saturated heterocycles. The average Bonchev–Trinajstić information content (AvgIpc) is 3.31. The zero-order chi connectivity index (χ0) is 21.6. The van der Waals surface area contributed by atoms with Crippen molar-refractivity contribution in [3.05, 3.63) is 71.2 Å². The van der Waals surface area contributed by atoms with Gasteiger partial charge in [0.25, 0.3) is 11.8 Å². The van der Waals surface area contributed by atoms with Crippen LogP contribution in [0.1, 0.15) is 40.6 Å². The predicted molar refractivity (Wildman–Crippen MR) is 122 cm³/mol. The van der Waals surface area contributed by atoms with Crippen LogP contribution in [0.15, 0.2) is 60.0 Å². The van der Waals surface area contributed by atoms with Crippen LogP contribution >= 0.6 is 11.3 Å². The van der Waals surface area contributed by atoms with E-state index in [2.05, 4.69) is 10.3 Å². The molecule has 1 aliphatic heterocycles. The van der Waals surface area contributed by atoms with Gasteiger partial charge in [-0.3, -0.25) is 9.59 Å². The van der Waals surface area contributed by atoms with Gasteiger partial charge in [0.05, 0.1) is 6.61 Å². The van der Waals surface area contributed by atoms with Gasteiger partial charge in [0, 0.05) is 35.6 Å². The number of hydrogen-bond donors (Lipinski definition) is 1. The number of thiazole rings is 1. The number of hydrogen-bond acceptors (Lipinski definition) is 5. The predicted octanol–water partition coefficient (Wildman–Crippen LogP) is 4.24. The molecule has 31 heavy (non-hydrogen) atoms. The van der Waals surface area contributed by atoms with E-state index in [0.717, 1.165) is 29.2 Å². The van der Waals surface area contributed by atoms with Gasteiger partial charge in [0.1, 0.15) is 16.5 Å². The summed E-state index contributed by atoms with van der Waals surface area (Å²) in [6, 6.07) is 17.1. The molecule has 0 unspecified atom stereocenters. The van der Waals surface area contributed by atoms with E-state index in [-0.39, 0.29) is 17.9 Å². The summed E-state index contributed by atoms with van der Waals surface area (Å²) in [6.07, 6.45) is 1.45. The molecule has 0 radical (unpaired) electrons. The van der Waals surface area contributed by atoms with Gasteiger partial charge in [0.15, 0.2) is 0 Å². The molecule has 2 amide bonds. The molecule has 0 saturated carbocycles. The molecule has 6 nitrogen and oxygen atoms in total. The van der Waals surface area contributed by atoms with Gasteiger partial charge in [-0.25, -0.2) is 4.98 Å². The minimum Gasteiger partial charge on any atom is -0.494 e. The second-order valence-corrected chi connectivity index (χ2v) is 8.26. The lowest BCUT2D eigenvalue weighted by atomic mass is 10.0. The summed E-state index contributed by atoms with van der Waals surface area (Å²) in [5.41, 5.74) is 2.10. The van der Waals surface area contributed by atoms with Crippen LogP contribution in [-0.2, 0) is 0 Å². The first kappa shape index (κ1) is 21.1. The van der Waals surface area contributed by atoms with Gasteiger partial charge < -0.3 is 15.0 Å². The summed E-state index contributed by atoms with van der Waals surface area (Å²) in [6.45, 7) is 3.76. The minimum absolute atomic E-state index is 0.0137. The van der Waals surface area contributed by atoms with Crippen LogP contribution in [0.3, 0.4) is 0 Å². The lowest BCUT2D eigenvalue weighted by Crippen LogP contribution is -2.46. The molecule has 0 aliphatic carbocycles. The molecule has 0 bridgehead atoms. The van der Waals surface area contributed by atoms with Crippen LogP contribution in [0.5, 0.6) is 5.75 Å². The molecule has 3 aromatic rings. The van der Waals surface area contributed by atoms with Crippen LogP contribution in [0.2, 0.25) is 0 Å². The van der Waals surface area contributed by atoms with Gasteiger partial charge >= 0.3 is 0 Å². The second-order valence-electron chi connectivity index (χ2n) is 7.40. The number of carbonyl (C=O) groups excluding carboxylic acids is 2. The van der Waals surface area contributed by atoms with E-state index in [9.17, 15) is 9.59 Å². The number of benzene rings is 2. The maximum atomic E-state index is 12.7. The minimum atomic E-state index is -0.158. The number of amides is 2. The Morgan fingerprint density at radius 2 is 1.81 bits per heavy atom. The third kappa shape index (κ3) is 5.11. The smallest absolute Gasteiger partial charge is 0.270 e. The highest BCUT2D eigenvalue weighted by Crippen LogP contribution is 2.23. The zero-order valence-corrected chi connectivity index (χ0v) is 18.2. The lowest BCUT2D eigenvalue weighted by molar-refractivity contribution is 0.0697. The Kier molecular flexibility index (Phi) is 6.62. The van der Waals surface area contributed by atoms with Crippen LogP contribution in [0.4, 0.5) is 0 Å². The first-order valence-electron chi connectivity index (χ1n) is 10.5. The van der Waals surface area contributed by atoms with Crippen molar-refractivity contribution in [2.75, 3.05) is 19.7 Å². The van der Waals surface area contributed by atoms with Crippen molar-refractivity contribution in [2.24, 2.45) is 0 Å². The van der Waals surface area contributed by atoms with Crippen molar-refractivity contribution in [3.63, 3.8) is 0 Å². The van der Waals surface area contributed by atoms with E-state index >= 15 is 0 Å². The lowest BCUT2D eigenvalue weighted by Gasteiger charge is -2.32. The molecule has 160 valence electrons. The first-order valence-corrected chi connectivity index (χ1v) is 11.4. The van der Waals surface area contributed by atoms with Crippen molar-refractivity contribution in [1.29, 1.82) is 0 Å². The van der Waals surface area contributed by atoms with Crippen LogP contribution in [0, 0.1) is 0 Å². The third-order valence-electron chi connectivity index (χ3n) is 5.29. The van der Waals surface area contributed by atoms with E-state index in [1.54, 1.807) is 17.5 Å². The summed E-state index contributed by atoms with van der Waals surface area (Å²) >= 11 is 1.47. The molecule has 2 aromatic carbocycles. The average molecular weight is 436 g/mol. The summed E-state index contributed by atoms with van der Waals surface area (Å²) in [7, 11) is 0. The molecule has 7 heteroatoms. The maximum Gasteiger partial charge on any atom is 0.270 e. The van der Waals surface area contributed by atoms with E-state index in [0.29, 0.717) is 31.0 Å². The number of rotatable bonds is 6. The molecule has 1 aliphatic rings. The summed E-state index contributed by atoms with van der Waals surface area (Å²) in [4.78, 5) is 31.7. The van der Waals surface area contributed by atoms with Crippen LogP contribution < -0.4 is 10.1 Å². The second kappa shape index (κ2) is 9.75. The molecule has 1 aromatic heterocycles. The SMILES string of the molecule is CCOc1ccc(C(=O)N2CCC(NC(=O)c3csc(-c4ccccc4)n3)CC2)cc1. The number of piperidine rings is 1. The Morgan fingerprint density at radius 3 is 2.48 bits per heavy atom. The fourth-order valence-corrected chi connectivity index (χ4v) is 4.43. The third-order valence-corrected chi connectivity index (χ3v) is 6.18. The maximum absolute atomic E-state index is 12.7. The van der Waals surface area contributed by atoms with Crippen molar-refractivity contribution in [1.82, 2.24) is 15.2 Å². The number of nitrogens with zero attached hydrogens (tertiary/aromatic N) is 2. The van der Waals surface area contributed by atoms with E-state index in [4.69, 9.17) is 4.74 Å². The molecule has 1 N–H and O–H groups in total. The number of nitrogens with one attached hydrogen (secondary N) is 1. The van der Waals surface area contributed by atoms with E-state index in [1.807, 2.05) is 54.3 Å². The first-order chi connectivity index (χ1) is 15.1. The molecule has 0 spiro atoms. The quantitative estimate of drug-likeness (QED) is 0.629. The summed E-state index contributed by atoms with van der Waals surface area (Å²) < 4.78 is 5.43. The highest BCUT2D eigenvalue weighted by molar-refractivity contribution is 7.13. The van der Waals surface area contributed by atoms with E-state index in [1.165, 1.54) is 11.3 Å². The fourth-order valence-electron chi connectivity index (χ4n) is 3.62. The molecule has 2 heterocycles. The Hall–Kier alpha value is -3.19. The van der Waals surface area contributed by atoms with Gasteiger partial charge in [-0.1, -0.05) is 30.3 Å². The Bertz CT molecular complexity index is 1030. The normalized spacial score (nSPS) is 14.3. The van der Waals surface area contributed by atoms with Crippen molar-refractivity contribution >= 4 is 23.2 Å². The van der Waals surface area contributed by atoms with Gasteiger partial charge in [-0.05, 0) is 44.0 Å². The topological polar surface area (TPSA) is 71.5 Å². The molecular weight excluding hydrogens is 410 g/mol. The van der Waals surface area contributed by atoms with Crippen molar-refractivity contribution in [3.8, 4) is 16.3 Å². The standard InChI is InChI=1S/C24H25N3O3S/c1-2-30-20-10-8-18(9-11-20)24(29)27-14-12-19(13-15-27)25-22(28)21-16-31-23(26-21)17-6-4-3-5-7-17/h3-11,16,19H,2,12-15H2,1H3,(H,25,28). The molecule has 1 fully saturated rings. The number of likely N-dealkylation sites (tertiary alicyclic amines) is 1. The fraction of sp³-hybridized carbons (Fsp3) is 0.292. The van der Waals surface area contributed by atoms with Gasteiger partial charge in [0.2, 0.25) is 0 Å². The summed E-state index contributed by atoms with van der Waals surface area (Å²) in [5.74, 6) is 0.618. The van der Waals surface area contributed by atoms with Gasteiger partial charge in [-0.15, -0.1) is 11.3 Å². The zero-order valence-electron chi connectivity index (χ0n) is 17.4. The Morgan fingerprint density at radius 1 is 1.10 bits per heavy atom. The van der Waals surface area contributed by atoms with E-state index < -0.39 is 0 Å². The van der Waals surface area contributed by atoms with Crippen molar-refractivity contribution in [2.45, 2.75) is 25.8 Å². The molecule has 0 atom stereocenters. The highest BCUT2D eigenvalue weighted by atomic mass is 32.1. The van der Waals surface area contributed by atoms with Crippen LogP contribution in [-0.4, -0.2) is 47.4 Å². The van der Waals surface area contributed by atoms with Gasteiger partial charge in [-0.2, -0.15) is 0 Å². The molecular formula is C24H25N3O3S. The molecule has 4 rings (SSSR count). The summed E-state index contributed by atoms with van der Waals surface area (Å²) in [5, 5.41) is 5.70. The largest absolute Gasteiger partial charge is 0.494 e. The number of carbonyl (C=O) groups is 2. The Balaban J connectivity index is 1.29. The monoisotopic (exact) mass is 435 g/mol.